The van der Waals surface area contributed by atoms with Crippen molar-refractivity contribution in [2.45, 2.75) is 19.4 Å². The molecule has 1 aromatic carbocycles. The van der Waals surface area contributed by atoms with Crippen LogP contribution in [0.4, 0.5) is 0 Å². The lowest BCUT2D eigenvalue weighted by atomic mass is 9.93. The molecule has 120 valence electrons. The number of hydrogen-bond acceptors (Lipinski definition) is 4. The number of sulfone groups is 1. The third kappa shape index (κ3) is 3.65. The topological polar surface area (TPSA) is 91.8 Å². The Kier molecular flexibility index (Phi) is 4.55. The maximum absolute atomic E-state index is 12.1. The standard InChI is InChI=1S/C15H19NO5S/c1-10-4-3-5-11(8-10)14-12(15(18)19)9-13(17)16(14)6-7-22(2,20)21/h3-5,8,12,14H,6-7,9H2,1-2H3,(H,18,19)/t12-,14+/m0/s1. The Morgan fingerprint density at radius 2 is 2.09 bits per heavy atom. The van der Waals surface area contributed by atoms with E-state index in [0.29, 0.717) is 0 Å². The third-order valence-corrected chi connectivity index (χ3v) is 4.76. The number of aryl methyl sites for hydroxylation is 1. The molecule has 1 aromatic rings. The molecule has 2 atom stereocenters. The lowest BCUT2D eigenvalue weighted by Crippen LogP contribution is -2.34. The maximum atomic E-state index is 12.1. The van der Waals surface area contributed by atoms with Crippen molar-refractivity contribution in [3.05, 3.63) is 35.4 Å². The van der Waals surface area contributed by atoms with E-state index >= 15 is 0 Å². The lowest BCUT2D eigenvalue weighted by Gasteiger charge is -2.27. The van der Waals surface area contributed by atoms with E-state index in [0.717, 1.165) is 17.4 Å². The summed E-state index contributed by atoms with van der Waals surface area (Å²) in [6.07, 6.45) is 1.00. The minimum Gasteiger partial charge on any atom is -0.481 e. The predicted octanol–water partition coefficient (Wildman–Crippen LogP) is 1.01. The normalized spacial score (nSPS) is 22.1. The first-order valence-corrected chi connectivity index (χ1v) is 9.01. The first-order chi connectivity index (χ1) is 10.2. The van der Waals surface area contributed by atoms with E-state index in [1.807, 2.05) is 19.1 Å². The number of likely N-dealkylation sites (tertiary alicyclic amines) is 1. The van der Waals surface area contributed by atoms with Crippen molar-refractivity contribution in [1.82, 2.24) is 4.90 Å². The molecule has 1 heterocycles. The summed E-state index contributed by atoms with van der Waals surface area (Å²) in [5.74, 6) is -2.38. The fourth-order valence-corrected chi connectivity index (χ4v) is 3.33. The van der Waals surface area contributed by atoms with E-state index in [2.05, 4.69) is 0 Å². The van der Waals surface area contributed by atoms with Crippen molar-refractivity contribution in [1.29, 1.82) is 0 Å². The maximum Gasteiger partial charge on any atom is 0.309 e. The Morgan fingerprint density at radius 3 is 2.64 bits per heavy atom. The van der Waals surface area contributed by atoms with Crippen molar-refractivity contribution >= 4 is 21.7 Å². The molecule has 1 saturated heterocycles. The van der Waals surface area contributed by atoms with Gasteiger partial charge in [-0.1, -0.05) is 29.8 Å². The molecule has 0 aliphatic carbocycles. The Labute approximate surface area is 129 Å². The average Bonchev–Trinajstić information content (AvgIpc) is 2.73. The summed E-state index contributed by atoms with van der Waals surface area (Å²) >= 11 is 0. The van der Waals surface area contributed by atoms with Gasteiger partial charge in [0.2, 0.25) is 5.91 Å². The number of hydrogen-bond donors (Lipinski definition) is 1. The zero-order valence-corrected chi connectivity index (χ0v) is 13.3. The van der Waals surface area contributed by atoms with E-state index < -0.39 is 27.8 Å². The second-order valence-corrected chi connectivity index (χ2v) is 7.98. The summed E-state index contributed by atoms with van der Waals surface area (Å²) in [5, 5.41) is 9.38. The Bertz CT molecular complexity index is 698. The number of carbonyl (C=O) groups excluding carboxylic acids is 1. The van der Waals surface area contributed by atoms with Crippen LogP contribution in [0.25, 0.3) is 0 Å². The molecule has 2 rings (SSSR count). The SMILES string of the molecule is Cc1cccc([C@@H]2[C@@H](C(=O)O)CC(=O)N2CCS(C)(=O)=O)c1. The van der Waals surface area contributed by atoms with Crippen LogP contribution in [0.2, 0.25) is 0 Å². The Balaban J connectivity index is 2.36. The average molecular weight is 325 g/mol. The first-order valence-electron chi connectivity index (χ1n) is 6.95. The molecule has 6 nitrogen and oxygen atoms in total. The van der Waals surface area contributed by atoms with Crippen molar-refractivity contribution in [3.63, 3.8) is 0 Å². The zero-order chi connectivity index (χ0) is 16.5. The van der Waals surface area contributed by atoms with Gasteiger partial charge >= 0.3 is 5.97 Å². The minimum atomic E-state index is -3.23. The van der Waals surface area contributed by atoms with Gasteiger partial charge in [-0.05, 0) is 12.5 Å². The van der Waals surface area contributed by atoms with Crippen LogP contribution in [0.15, 0.2) is 24.3 Å². The highest BCUT2D eigenvalue weighted by Gasteiger charge is 2.44. The monoisotopic (exact) mass is 325 g/mol. The van der Waals surface area contributed by atoms with Crippen LogP contribution in [-0.4, -0.2) is 48.9 Å². The number of carboxylic acid groups (broad SMARTS) is 1. The van der Waals surface area contributed by atoms with Crippen molar-refractivity contribution in [2.24, 2.45) is 5.92 Å². The summed E-state index contributed by atoms with van der Waals surface area (Å²) in [6.45, 7) is 1.90. The molecule has 1 amide bonds. The lowest BCUT2D eigenvalue weighted by molar-refractivity contribution is -0.142. The number of carbonyl (C=O) groups is 2. The molecule has 22 heavy (non-hydrogen) atoms. The van der Waals surface area contributed by atoms with Crippen molar-refractivity contribution < 1.29 is 23.1 Å². The van der Waals surface area contributed by atoms with Gasteiger partial charge in [-0.25, -0.2) is 8.42 Å². The van der Waals surface area contributed by atoms with Crippen LogP contribution in [0.1, 0.15) is 23.6 Å². The number of benzene rings is 1. The van der Waals surface area contributed by atoms with E-state index in [1.165, 1.54) is 4.90 Å². The summed E-state index contributed by atoms with van der Waals surface area (Å²) in [4.78, 5) is 25.0. The molecule has 0 aromatic heterocycles. The first kappa shape index (κ1) is 16.5. The third-order valence-electron chi connectivity index (χ3n) is 3.84. The molecule has 0 bridgehead atoms. The Morgan fingerprint density at radius 1 is 1.41 bits per heavy atom. The van der Waals surface area contributed by atoms with Crippen molar-refractivity contribution in [3.8, 4) is 0 Å². The predicted molar refractivity (Wildman–Crippen MR) is 81.1 cm³/mol. The number of carboxylic acids is 1. The fourth-order valence-electron chi connectivity index (χ4n) is 2.81. The second kappa shape index (κ2) is 6.08. The molecule has 0 unspecified atom stereocenters. The van der Waals surface area contributed by atoms with Gasteiger partial charge in [0, 0.05) is 19.2 Å². The minimum absolute atomic E-state index is 0.0139. The van der Waals surface area contributed by atoms with Crippen LogP contribution in [0, 0.1) is 12.8 Å². The van der Waals surface area contributed by atoms with E-state index in [-0.39, 0.29) is 24.6 Å². The molecule has 1 fully saturated rings. The summed E-state index contributed by atoms with van der Waals surface area (Å²) in [6, 6.07) is 6.69. The molecule has 0 spiro atoms. The van der Waals surface area contributed by atoms with Gasteiger partial charge in [0.1, 0.15) is 9.84 Å². The quantitative estimate of drug-likeness (QED) is 0.872. The fraction of sp³-hybridized carbons (Fsp3) is 0.467. The molecule has 0 saturated carbocycles. The highest BCUT2D eigenvalue weighted by molar-refractivity contribution is 7.90. The highest BCUT2D eigenvalue weighted by Crippen LogP contribution is 2.38. The van der Waals surface area contributed by atoms with Gasteiger partial charge in [0.05, 0.1) is 17.7 Å². The Hall–Kier alpha value is -1.89. The van der Waals surface area contributed by atoms with Gasteiger partial charge < -0.3 is 10.0 Å². The summed E-state index contributed by atoms with van der Waals surface area (Å²) < 4.78 is 22.7. The molecular formula is C15H19NO5S. The smallest absolute Gasteiger partial charge is 0.309 e. The van der Waals surface area contributed by atoms with Gasteiger partial charge in [-0.2, -0.15) is 0 Å². The second-order valence-electron chi connectivity index (χ2n) is 5.72. The van der Waals surface area contributed by atoms with E-state index in [9.17, 15) is 23.1 Å². The van der Waals surface area contributed by atoms with Crippen LogP contribution >= 0.6 is 0 Å². The van der Waals surface area contributed by atoms with Crippen LogP contribution in [0.3, 0.4) is 0 Å². The number of nitrogens with zero attached hydrogens (tertiary/aromatic N) is 1. The van der Waals surface area contributed by atoms with Crippen LogP contribution in [0.5, 0.6) is 0 Å². The highest BCUT2D eigenvalue weighted by atomic mass is 32.2. The zero-order valence-electron chi connectivity index (χ0n) is 12.5. The molecule has 1 aliphatic heterocycles. The number of amides is 1. The summed E-state index contributed by atoms with van der Waals surface area (Å²) in [7, 11) is -3.23. The molecule has 1 N–H and O–H groups in total. The van der Waals surface area contributed by atoms with Crippen LogP contribution < -0.4 is 0 Å². The van der Waals surface area contributed by atoms with Gasteiger partial charge in [-0.15, -0.1) is 0 Å². The van der Waals surface area contributed by atoms with E-state index in [4.69, 9.17) is 0 Å². The number of aliphatic carboxylic acids is 1. The van der Waals surface area contributed by atoms with E-state index in [1.54, 1.807) is 12.1 Å². The van der Waals surface area contributed by atoms with Gasteiger partial charge in [0.25, 0.3) is 0 Å². The van der Waals surface area contributed by atoms with Gasteiger partial charge in [-0.3, -0.25) is 9.59 Å². The largest absolute Gasteiger partial charge is 0.481 e. The summed E-state index contributed by atoms with van der Waals surface area (Å²) in [5.41, 5.74) is 1.69. The molecule has 0 radical (unpaired) electrons. The molecular weight excluding hydrogens is 306 g/mol. The molecule has 1 aliphatic rings. The van der Waals surface area contributed by atoms with Gasteiger partial charge in [0.15, 0.2) is 0 Å². The van der Waals surface area contributed by atoms with Crippen LogP contribution in [-0.2, 0) is 19.4 Å². The van der Waals surface area contributed by atoms with Crippen molar-refractivity contribution in [2.75, 3.05) is 18.6 Å². The molecule has 7 heteroatoms. The number of rotatable bonds is 5.